The van der Waals surface area contributed by atoms with Crippen molar-refractivity contribution in [3.8, 4) is 11.8 Å². The summed E-state index contributed by atoms with van der Waals surface area (Å²) in [6.07, 6.45) is -5.69. The second-order valence-electron chi connectivity index (χ2n) is 3.36. The molecule has 0 aliphatic rings. The van der Waals surface area contributed by atoms with Crippen LogP contribution in [0.1, 0.15) is 5.56 Å². The molecule has 1 aromatic rings. The minimum absolute atomic E-state index is 0.141. The van der Waals surface area contributed by atoms with Gasteiger partial charge in [0.25, 0.3) is 0 Å². The van der Waals surface area contributed by atoms with Crippen LogP contribution in [0.4, 0.5) is 27.6 Å². The number of rotatable bonds is 3. The molecule has 0 aromatic heterocycles. The lowest BCUT2D eigenvalue weighted by Crippen LogP contribution is -2.41. The highest BCUT2D eigenvalue weighted by Crippen LogP contribution is 2.36. The van der Waals surface area contributed by atoms with Crippen LogP contribution in [0.25, 0.3) is 0 Å². The summed E-state index contributed by atoms with van der Waals surface area (Å²) in [4.78, 5) is 0. The number of hydrogen-bond donors (Lipinski definition) is 1. The maximum atomic E-state index is 12.6. The molecule has 0 radical (unpaired) electrons. The van der Waals surface area contributed by atoms with Crippen LogP contribution in [-0.2, 0) is 0 Å². The lowest BCUT2D eigenvalue weighted by Gasteiger charge is -2.20. The maximum absolute atomic E-state index is 12.6. The van der Waals surface area contributed by atoms with Crippen molar-refractivity contribution >= 4 is 5.69 Å². The van der Waals surface area contributed by atoms with E-state index in [9.17, 15) is 22.0 Å². The molecular weight excluding hydrogens is 259 g/mol. The number of nitrogens with zero attached hydrogens (tertiary/aromatic N) is 1. The fourth-order valence-electron chi connectivity index (χ4n) is 1.000. The standard InChI is InChI=1S/C10H7F5N2O/c11-9(12,10(13,14)15)5-18-8-2-1-6(4-16)3-7(8)17/h1-3H,5,17H2. The Morgan fingerprint density at radius 1 is 1.22 bits per heavy atom. The second kappa shape index (κ2) is 4.68. The van der Waals surface area contributed by atoms with Crippen LogP contribution >= 0.6 is 0 Å². The molecular formula is C10H7F5N2O. The molecule has 0 fully saturated rings. The van der Waals surface area contributed by atoms with Gasteiger partial charge in [-0.25, -0.2) is 0 Å². The van der Waals surface area contributed by atoms with Crippen LogP contribution in [0.3, 0.4) is 0 Å². The Bertz CT molecular complexity index is 478. The van der Waals surface area contributed by atoms with E-state index in [0.29, 0.717) is 0 Å². The van der Waals surface area contributed by atoms with Crippen molar-refractivity contribution in [2.75, 3.05) is 12.3 Å². The van der Waals surface area contributed by atoms with E-state index in [2.05, 4.69) is 4.74 Å². The molecule has 0 aliphatic carbocycles. The Balaban J connectivity index is 2.79. The van der Waals surface area contributed by atoms with Gasteiger partial charge in [0.2, 0.25) is 0 Å². The molecule has 18 heavy (non-hydrogen) atoms. The molecule has 0 spiro atoms. The zero-order chi connectivity index (χ0) is 14.0. The molecule has 0 unspecified atom stereocenters. The summed E-state index contributed by atoms with van der Waals surface area (Å²) in [7, 11) is 0. The normalized spacial score (nSPS) is 12.0. The average molecular weight is 266 g/mol. The first kappa shape index (κ1) is 14.0. The topological polar surface area (TPSA) is 59.0 Å². The van der Waals surface area contributed by atoms with Gasteiger partial charge in [-0.1, -0.05) is 0 Å². The van der Waals surface area contributed by atoms with Crippen molar-refractivity contribution in [3.05, 3.63) is 23.8 Å². The Kier molecular flexibility index (Phi) is 3.65. The number of nitriles is 1. The van der Waals surface area contributed by atoms with Crippen molar-refractivity contribution in [2.45, 2.75) is 12.1 Å². The first-order valence-electron chi connectivity index (χ1n) is 4.54. The van der Waals surface area contributed by atoms with Crippen LogP contribution in [0.2, 0.25) is 0 Å². The van der Waals surface area contributed by atoms with E-state index < -0.39 is 18.7 Å². The highest BCUT2D eigenvalue weighted by molar-refractivity contribution is 5.56. The summed E-state index contributed by atoms with van der Waals surface area (Å²) in [6, 6.07) is 5.09. The fraction of sp³-hybridized carbons (Fsp3) is 0.300. The van der Waals surface area contributed by atoms with Gasteiger partial charge >= 0.3 is 12.1 Å². The number of alkyl halides is 5. The number of nitrogens with two attached hydrogens (primary N) is 1. The zero-order valence-electron chi connectivity index (χ0n) is 8.76. The Labute approximate surface area is 98.6 Å². The van der Waals surface area contributed by atoms with Gasteiger partial charge in [0, 0.05) is 0 Å². The SMILES string of the molecule is N#Cc1ccc(OCC(F)(F)C(F)(F)F)c(N)c1. The van der Waals surface area contributed by atoms with Crippen LogP contribution < -0.4 is 10.5 Å². The molecule has 2 N–H and O–H groups in total. The van der Waals surface area contributed by atoms with Gasteiger partial charge in [-0.15, -0.1) is 0 Å². The van der Waals surface area contributed by atoms with Crippen molar-refractivity contribution in [2.24, 2.45) is 0 Å². The van der Waals surface area contributed by atoms with E-state index >= 15 is 0 Å². The molecule has 98 valence electrons. The van der Waals surface area contributed by atoms with E-state index in [1.54, 1.807) is 6.07 Å². The molecule has 3 nitrogen and oxygen atoms in total. The number of anilines is 1. The lowest BCUT2D eigenvalue weighted by atomic mass is 10.2. The average Bonchev–Trinajstić information content (AvgIpc) is 2.25. The monoisotopic (exact) mass is 266 g/mol. The minimum atomic E-state index is -5.69. The molecule has 1 rings (SSSR count). The van der Waals surface area contributed by atoms with Crippen LogP contribution in [0.15, 0.2) is 18.2 Å². The molecule has 0 aliphatic heterocycles. The first-order chi connectivity index (χ1) is 8.17. The second-order valence-corrected chi connectivity index (χ2v) is 3.36. The largest absolute Gasteiger partial charge is 0.485 e. The molecule has 0 bridgehead atoms. The molecule has 0 amide bonds. The van der Waals surface area contributed by atoms with Gasteiger partial charge < -0.3 is 10.5 Å². The predicted octanol–water partition coefficient (Wildman–Crippen LogP) is 2.72. The maximum Gasteiger partial charge on any atom is 0.456 e. The Morgan fingerprint density at radius 2 is 1.83 bits per heavy atom. The van der Waals surface area contributed by atoms with Crippen molar-refractivity contribution < 1.29 is 26.7 Å². The first-order valence-corrected chi connectivity index (χ1v) is 4.54. The number of hydrogen-bond acceptors (Lipinski definition) is 3. The van der Waals surface area contributed by atoms with Crippen LogP contribution in [-0.4, -0.2) is 18.7 Å². The predicted molar refractivity (Wildman–Crippen MR) is 52.1 cm³/mol. The summed E-state index contributed by atoms with van der Waals surface area (Å²) >= 11 is 0. The molecule has 0 atom stereocenters. The summed E-state index contributed by atoms with van der Waals surface area (Å²) in [5.41, 5.74) is 5.29. The van der Waals surface area contributed by atoms with Crippen molar-refractivity contribution in [3.63, 3.8) is 0 Å². The molecule has 1 aromatic carbocycles. The summed E-state index contributed by atoms with van der Waals surface area (Å²) in [5.74, 6) is -5.30. The van der Waals surface area contributed by atoms with Crippen molar-refractivity contribution in [1.29, 1.82) is 5.26 Å². The zero-order valence-corrected chi connectivity index (χ0v) is 8.76. The highest BCUT2D eigenvalue weighted by atomic mass is 19.4. The van der Waals surface area contributed by atoms with E-state index in [1.165, 1.54) is 6.07 Å². The van der Waals surface area contributed by atoms with Gasteiger partial charge in [0.1, 0.15) is 5.75 Å². The van der Waals surface area contributed by atoms with E-state index in [0.717, 1.165) is 12.1 Å². The van der Waals surface area contributed by atoms with E-state index in [4.69, 9.17) is 11.0 Å². The summed E-state index contributed by atoms with van der Waals surface area (Å²) in [5, 5.41) is 8.50. The smallest absolute Gasteiger partial charge is 0.456 e. The minimum Gasteiger partial charge on any atom is -0.485 e. The third-order valence-corrected chi connectivity index (χ3v) is 1.96. The summed E-state index contributed by atoms with van der Waals surface area (Å²) < 4.78 is 65.0. The third kappa shape index (κ3) is 3.00. The van der Waals surface area contributed by atoms with Crippen LogP contribution in [0.5, 0.6) is 5.75 Å². The molecule has 0 saturated carbocycles. The van der Waals surface area contributed by atoms with E-state index in [-0.39, 0.29) is 17.0 Å². The number of nitrogen functional groups attached to an aromatic ring is 1. The quantitative estimate of drug-likeness (QED) is 0.676. The van der Waals surface area contributed by atoms with Gasteiger partial charge in [-0.3, -0.25) is 0 Å². The fourth-order valence-corrected chi connectivity index (χ4v) is 1.000. The number of halogens is 5. The third-order valence-electron chi connectivity index (χ3n) is 1.96. The lowest BCUT2D eigenvalue weighted by molar-refractivity contribution is -0.289. The molecule has 8 heteroatoms. The Morgan fingerprint density at radius 3 is 2.28 bits per heavy atom. The van der Waals surface area contributed by atoms with Crippen LogP contribution in [0, 0.1) is 11.3 Å². The van der Waals surface area contributed by atoms with E-state index in [1.807, 2.05) is 0 Å². The molecule has 0 saturated heterocycles. The van der Waals surface area contributed by atoms with Gasteiger partial charge in [-0.2, -0.15) is 27.2 Å². The van der Waals surface area contributed by atoms with Gasteiger partial charge in [-0.05, 0) is 18.2 Å². The molecule has 0 heterocycles. The van der Waals surface area contributed by atoms with Crippen molar-refractivity contribution in [1.82, 2.24) is 0 Å². The Hall–Kier alpha value is -2.04. The van der Waals surface area contributed by atoms with Gasteiger partial charge in [0.05, 0.1) is 17.3 Å². The summed E-state index contributed by atoms with van der Waals surface area (Å²) in [6.45, 7) is -1.87. The number of ether oxygens (including phenoxy) is 1. The van der Waals surface area contributed by atoms with Gasteiger partial charge in [0.15, 0.2) is 6.61 Å². The number of benzene rings is 1. The highest BCUT2D eigenvalue weighted by Gasteiger charge is 2.58.